The minimum absolute atomic E-state index is 0.104. The lowest BCUT2D eigenvalue weighted by molar-refractivity contribution is -0.106. The summed E-state index contributed by atoms with van der Waals surface area (Å²) in [6.45, 7) is 7.41. The number of carbonyl (C=O) groups excluding carboxylic acids is 1. The van der Waals surface area contributed by atoms with Gasteiger partial charge in [-0.25, -0.2) is 4.79 Å². The normalized spacial score (nSPS) is 13.0. The smallest absolute Gasteiger partial charge is 0.407 e. The topological polar surface area (TPSA) is 69.7 Å². The van der Waals surface area contributed by atoms with Gasteiger partial charge in [0.1, 0.15) is 5.60 Å². The Morgan fingerprint density at radius 2 is 1.95 bits per heavy atom. The molecule has 1 heterocycles. The summed E-state index contributed by atoms with van der Waals surface area (Å²) < 4.78 is 15.8. The van der Waals surface area contributed by atoms with E-state index in [1.807, 2.05) is 33.8 Å². The minimum Gasteiger partial charge on any atom is -0.444 e. The molecular weight excluding hydrogens is 284 g/mol. The van der Waals surface area contributed by atoms with Gasteiger partial charge in [-0.1, -0.05) is 0 Å². The zero-order valence-electron chi connectivity index (χ0n) is 14.2. The van der Waals surface area contributed by atoms with Gasteiger partial charge in [-0.05, 0) is 45.7 Å². The third-order valence-electron chi connectivity index (χ3n) is 2.91. The molecule has 1 aromatic heterocycles. The molecule has 0 bridgehead atoms. The van der Waals surface area contributed by atoms with Crippen molar-refractivity contribution < 1.29 is 19.0 Å². The molecule has 6 heteroatoms. The van der Waals surface area contributed by atoms with Crippen molar-refractivity contribution in [1.29, 1.82) is 0 Å². The van der Waals surface area contributed by atoms with E-state index >= 15 is 0 Å². The molecule has 0 saturated heterocycles. The van der Waals surface area contributed by atoms with Gasteiger partial charge in [-0.15, -0.1) is 0 Å². The molecule has 1 rings (SSSR count). The second-order valence-corrected chi connectivity index (χ2v) is 6.13. The summed E-state index contributed by atoms with van der Waals surface area (Å²) in [4.78, 5) is 15.9. The molecular formula is C16H26N2O4. The Hall–Kier alpha value is -1.66. The highest BCUT2D eigenvalue weighted by Gasteiger charge is 2.20. The van der Waals surface area contributed by atoms with Gasteiger partial charge in [0.2, 0.25) is 0 Å². The van der Waals surface area contributed by atoms with Crippen LogP contribution in [0, 0.1) is 0 Å². The number of methoxy groups -OCH3 is 2. The van der Waals surface area contributed by atoms with Crippen molar-refractivity contribution in [2.45, 2.75) is 52.0 Å². The quantitative estimate of drug-likeness (QED) is 0.818. The molecule has 0 aliphatic heterocycles. The molecule has 6 nitrogen and oxygen atoms in total. The first-order chi connectivity index (χ1) is 10.3. The zero-order chi connectivity index (χ0) is 16.8. The largest absolute Gasteiger partial charge is 0.444 e. The zero-order valence-corrected chi connectivity index (χ0v) is 14.2. The number of carbonyl (C=O) groups is 1. The number of aromatic nitrogens is 1. The number of nitrogens with zero attached hydrogens (tertiary/aromatic N) is 1. The van der Waals surface area contributed by atoms with Gasteiger partial charge in [-0.3, -0.25) is 4.98 Å². The lowest BCUT2D eigenvalue weighted by Crippen LogP contribution is -2.38. The average molecular weight is 310 g/mol. The van der Waals surface area contributed by atoms with Crippen LogP contribution in [-0.2, 0) is 20.6 Å². The molecule has 1 N–H and O–H groups in total. The lowest BCUT2D eigenvalue weighted by atomic mass is 10.0. The third kappa shape index (κ3) is 5.99. The molecule has 0 saturated carbocycles. The number of amides is 1. The number of rotatable bonds is 6. The molecule has 0 aliphatic carbocycles. The molecule has 0 fully saturated rings. The van der Waals surface area contributed by atoms with Crippen LogP contribution in [0.1, 0.15) is 45.1 Å². The second-order valence-electron chi connectivity index (χ2n) is 6.13. The van der Waals surface area contributed by atoms with Gasteiger partial charge in [0.05, 0.1) is 0 Å². The molecule has 1 aromatic rings. The van der Waals surface area contributed by atoms with Crippen molar-refractivity contribution in [3.63, 3.8) is 0 Å². The van der Waals surface area contributed by atoms with Crippen molar-refractivity contribution in [1.82, 2.24) is 10.3 Å². The Balaban J connectivity index is 2.72. The fourth-order valence-corrected chi connectivity index (χ4v) is 2.08. The molecule has 0 aromatic carbocycles. The number of hydrogen-bond donors (Lipinski definition) is 1. The van der Waals surface area contributed by atoms with E-state index < -0.39 is 18.0 Å². The summed E-state index contributed by atoms with van der Waals surface area (Å²) in [7, 11) is 3.17. The van der Waals surface area contributed by atoms with E-state index in [0.717, 1.165) is 11.1 Å². The number of ether oxygens (including phenoxy) is 3. The van der Waals surface area contributed by atoms with Gasteiger partial charge in [-0.2, -0.15) is 0 Å². The summed E-state index contributed by atoms with van der Waals surface area (Å²) in [5.74, 6) is 0. The average Bonchev–Trinajstić information content (AvgIpc) is 2.39. The fourth-order valence-electron chi connectivity index (χ4n) is 2.08. The van der Waals surface area contributed by atoms with E-state index in [0.29, 0.717) is 6.42 Å². The molecule has 22 heavy (non-hydrogen) atoms. The lowest BCUT2D eigenvalue weighted by Gasteiger charge is -2.23. The molecule has 0 spiro atoms. The van der Waals surface area contributed by atoms with Crippen LogP contribution in [0.15, 0.2) is 18.5 Å². The first-order valence-corrected chi connectivity index (χ1v) is 7.24. The van der Waals surface area contributed by atoms with Gasteiger partial charge in [0, 0.05) is 38.2 Å². The summed E-state index contributed by atoms with van der Waals surface area (Å²) >= 11 is 0. The van der Waals surface area contributed by atoms with E-state index in [-0.39, 0.29) is 6.04 Å². The predicted molar refractivity (Wildman–Crippen MR) is 83.5 cm³/mol. The Morgan fingerprint density at radius 1 is 1.32 bits per heavy atom. The molecule has 0 aliphatic rings. The van der Waals surface area contributed by atoms with Crippen molar-refractivity contribution in [2.24, 2.45) is 0 Å². The van der Waals surface area contributed by atoms with Crippen LogP contribution in [0.3, 0.4) is 0 Å². The van der Waals surface area contributed by atoms with Crippen molar-refractivity contribution in [2.75, 3.05) is 14.2 Å². The Kier molecular flexibility index (Phi) is 6.77. The third-order valence-corrected chi connectivity index (χ3v) is 2.91. The maximum atomic E-state index is 11.8. The predicted octanol–water partition coefficient (Wildman–Crippen LogP) is 2.83. The first-order valence-electron chi connectivity index (χ1n) is 7.24. The maximum absolute atomic E-state index is 11.8. The molecule has 0 radical (unpaired) electrons. The summed E-state index contributed by atoms with van der Waals surface area (Å²) in [6.07, 6.45) is 3.17. The van der Waals surface area contributed by atoms with Crippen LogP contribution in [0.25, 0.3) is 0 Å². The Morgan fingerprint density at radius 3 is 2.50 bits per heavy atom. The number of alkyl carbamates (subject to hydrolysis) is 1. The van der Waals surface area contributed by atoms with Crippen LogP contribution >= 0.6 is 0 Å². The van der Waals surface area contributed by atoms with Crippen LogP contribution in [0.5, 0.6) is 0 Å². The Bertz CT molecular complexity index is 481. The molecule has 124 valence electrons. The summed E-state index contributed by atoms with van der Waals surface area (Å²) in [5.41, 5.74) is 1.35. The van der Waals surface area contributed by atoms with Crippen molar-refractivity contribution in [3.8, 4) is 0 Å². The van der Waals surface area contributed by atoms with Gasteiger partial charge >= 0.3 is 6.09 Å². The van der Waals surface area contributed by atoms with Crippen LogP contribution in [0.4, 0.5) is 4.79 Å². The van der Waals surface area contributed by atoms with Crippen molar-refractivity contribution >= 4 is 6.09 Å². The summed E-state index contributed by atoms with van der Waals surface area (Å²) in [6, 6.07) is 1.75. The fraction of sp³-hybridized carbons (Fsp3) is 0.625. The van der Waals surface area contributed by atoms with E-state index in [2.05, 4.69) is 10.3 Å². The highest BCUT2D eigenvalue weighted by atomic mass is 16.7. The van der Waals surface area contributed by atoms with Gasteiger partial charge in [0.15, 0.2) is 6.29 Å². The second kappa shape index (κ2) is 8.10. The maximum Gasteiger partial charge on any atom is 0.407 e. The monoisotopic (exact) mass is 310 g/mol. The highest BCUT2D eigenvalue weighted by molar-refractivity contribution is 5.68. The van der Waals surface area contributed by atoms with Gasteiger partial charge < -0.3 is 19.5 Å². The number of pyridine rings is 1. The number of nitrogens with one attached hydrogen (secondary N) is 1. The Labute approximate surface area is 132 Å². The first kappa shape index (κ1) is 18.4. The van der Waals surface area contributed by atoms with Crippen LogP contribution in [-0.4, -0.2) is 36.9 Å². The van der Waals surface area contributed by atoms with E-state index in [1.165, 1.54) is 0 Å². The molecule has 1 atom stereocenters. The standard InChI is InChI=1S/C16H26N2O4/c1-11(18-15(19)22-16(2,3)4)9-12-10-17-8-7-13(12)14(20-5)21-6/h7-8,10-11,14H,9H2,1-6H3,(H,18,19). The van der Waals surface area contributed by atoms with E-state index in [9.17, 15) is 4.79 Å². The molecule has 1 unspecified atom stereocenters. The summed E-state index contributed by atoms with van der Waals surface area (Å²) in [5, 5.41) is 2.82. The van der Waals surface area contributed by atoms with Crippen LogP contribution in [0.2, 0.25) is 0 Å². The van der Waals surface area contributed by atoms with Crippen LogP contribution < -0.4 is 5.32 Å². The highest BCUT2D eigenvalue weighted by Crippen LogP contribution is 2.22. The van der Waals surface area contributed by atoms with E-state index in [4.69, 9.17) is 14.2 Å². The number of hydrogen-bond acceptors (Lipinski definition) is 5. The van der Waals surface area contributed by atoms with Gasteiger partial charge in [0.25, 0.3) is 0 Å². The molecule has 1 amide bonds. The SMILES string of the molecule is COC(OC)c1ccncc1CC(C)NC(=O)OC(C)(C)C. The minimum atomic E-state index is -0.513. The van der Waals surface area contributed by atoms with E-state index in [1.54, 1.807) is 26.6 Å². The van der Waals surface area contributed by atoms with Crippen molar-refractivity contribution in [3.05, 3.63) is 29.6 Å².